The number of hydrogen-bond donors (Lipinski definition) is 1. The second-order valence-electron chi connectivity index (χ2n) is 2.81. The van der Waals surface area contributed by atoms with Gasteiger partial charge in [-0.2, -0.15) is 0 Å². The van der Waals surface area contributed by atoms with Crippen LogP contribution in [0.4, 0.5) is 8.78 Å². The molecule has 0 amide bonds. The second-order valence-corrected chi connectivity index (χ2v) is 5.24. The Morgan fingerprint density at radius 1 is 1.29 bits per heavy atom. The number of benzene rings is 1. The minimum Gasteiger partial charge on any atom is -0.506 e. The Hall–Kier alpha value is -0.680. The van der Waals surface area contributed by atoms with E-state index in [0.717, 1.165) is 9.85 Å². The van der Waals surface area contributed by atoms with E-state index in [1.54, 1.807) is 6.07 Å². The van der Waals surface area contributed by atoms with Gasteiger partial charge in [-0.15, -0.1) is 11.3 Å². The molecule has 0 fully saturated rings. The van der Waals surface area contributed by atoms with Gasteiger partial charge in [0.1, 0.15) is 5.75 Å². The fourth-order valence-electron chi connectivity index (χ4n) is 1.25. The standard InChI is InChI=1S/C9H5BrF2OS/c10-7-3-4-1-5(9(11)12)2-6(13)8(4)14-7/h1-3,9,13H. The largest absolute Gasteiger partial charge is 0.506 e. The molecule has 2 aromatic rings. The van der Waals surface area contributed by atoms with E-state index in [4.69, 9.17) is 0 Å². The zero-order chi connectivity index (χ0) is 10.3. The molecule has 0 radical (unpaired) electrons. The van der Waals surface area contributed by atoms with Crippen molar-refractivity contribution in [2.75, 3.05) is 0 Å². The predicted molar refractivity (Wildman–Crippen MR) is 56.1 cm³/mol. The molecule has 5 heteroatoms. The molecule has 0 aliphatic carbocycles. The summed E-state index contributed by atoms with van der Waals surface area (Å²) in [7, 11) is 0. The van der Waals surface area contributed by atoms with E-state index in [-0.39, 0.29) is 11.3 Å². The number of fused-ring (bicyclic) bond motifs is 1. The second kappa shape index (κ2) is 3.47. The molecule has 1 aromatic carbocycles. The summed E-state index contributed by atoms with van der Waals surface area (Å²) in [6.07, 6.45) is -2.55. The molecule has 0 saturated heterocycles. The molecule has 1 N–H and O–H groups in total. The van der Waals surface area contributed by atoms with Crippen molar-refractivity contribution in [2.45, 2.75) is 6.43 Å². The van der Waals surface area contributed by atoms with Gasteiger partial charge in [-0.3, -0.25) is 0 Å². The van der Waals surface area contributed by atoms with E-state index in [1.165, 1.54) is 17.4 Å². The molecule has 0 unspecified atom stereocenters. The van der Waals surface area contributed by atoms with Crippen LogP contribution in [0.1, 0.15) is 12.0 Å². The third-order valence-corrected chi connectivity index (χ3v) is 3.52. The lowest BCUT2D eigenvalue weighted by Gasteiger charge is -2.01. The van der Waals surface area contributed by atoms with Crippen LogP contribution in [0.3, 0.4) is 0 Å². The summed E-state index contributed by atoms with van der Waals surface area (Å²) in [6, 6.07) is 4.21. The maximum Gasteiger partial charge on any atom is 0.264 e. The summed E-state index contributed by atoms with van der Waals surface area (Å²) in [5.41, 5.74) is -0.152. The van der Waals surface area contributed by atoms with Crippen molar-refractivity contribution >= 4 is 37.4 Å². The molecule has 0 spiro atoms. The van der Waals surface area contributed by atoms with Crippen LogP contribution in [0.15, 0.2) is 22.0 Å². The molecule has 1 heterocycles. The minimum atomic E-state index is -2.55. The SMILES string of the molecule is Oc1cc(C(F)F)cc2cc(Br)sc12. The molecule has 0 saturated carbocycles. The van der Waals surface area contributed by atoms with Crippen molar-refractivity contribution in [3.8, 4) is 5.75 Å². The van der Waals surface area contributed by atoms with Crippen molar-refractivity contribution in [2.24, 2.45) is 0 Å². The van der Waals surface area contributed by atoms with Crippen molar-refractivity contribution in [1.29, 1.82) is 0 Å². The van der Waals surface area contributed by atoms with E-state index >= 15 is 0 Å². The molecule has 0 aliphatic heterocycles. The number of halogens is 3. The third-order valence-electron chi connectivity index (χ3n) is 1.84. The molecule has 0 aliphatic rings. The van der Waals surface area contributed by atoms with Gasteiger partial charge in [-0.1, -0.05) is 0 Å². The topological polar surface area (TPSA) is 20.2 Å². The Bertz CT molecular complexity index is 481. The summed E-state index contributed by atoms with van der Waals surface area (Å²) in [5.74, 6) is -0.0894. The maximum atomic E-state index is 12.4. The average molecular weight is 279 g/mol. The number of thiophene rings is 1. The first kappa shape index (κ1) is 9.86. The van der Waals surface area contributed by atoms with E-state index in [9.17, 15) is 13.9 Å². The summed E-state index contributed by atoms with van der Waals surface area (Å²) in [4.78, 5) is 0. The van der Waals surface area contributed by atoms with Crippen molar-refractivity contribution in [3.63, 3.8) is 0 Å². The van der Waals surface area contributed by atoms with Crippen LogP contribution in [0.2, 0.25) is 0 Å². The Balaban J connectivity index is 2.71. The van der Waals surface area contributed by atoms with Crippen LogP contribution in [0, 0.1) is 0 Å². The van der Waals surface area contributed by atoms with Gasteiger partial charge in [-0.25, -0.2) is 8.78 Å². The molecule has 0 atom stereocenters. The van der Waals surface area contributed by atoms with Gasteiger partial charge in [-0.05, 0) is 39.5 Å². The third kappa shape index (κ3) is 1.62. The predicted octanol–water partition coefficient (Wildman–Crippen LogP) is 4.31. The monoisotopic (exact) mass is 278 g/mol. The number of phenolic OH excluding ortho intramolecular Hbond substituents is 1. The quantitative estimate of drug-likeness (QED) is 0.824. The van der Waals surface area contributed by atoms with Gasteiger partial charge in [0.15, 0.2) is 0 Å². The Morgan fingerprint density at radius 2 is 2.00 bits per heavy atom. The molecule has 0 bridgehead atoms. The first-order valence-corrected chi connectivity index (χ1v) is 5.39. The van der Waals surface area contributed by atoms with Crippen LogP contribution in [0.25, 0.3) is 10.1 Å². The van der Waals surface area contributed by atoms with Crippen LogP contribution in [0.5, 0.6) is 5.75 Å². The lowest BCUT2D eigenvalue weighted by atomic mass is 10.1. The fourth-order valence-corrected chi connectivity index (χ4v) is 2.76. The maximum absolute atomic E-state index is 12.4. The molecule has 1 nitrogen and oxygen atoms in total. The number of aromatic hydroxyl groups is 1. The number of hydrogen-bond acceptors (Lipinski definition) is 2. The lowest BCUT2D eigenvalue weighted by Crippen LogP contribution is -1.82. The summed E-state index contributed by atoms with van der Waals surface area (Å²) >= 11 is 4.56. The Labute approximate surface area is 91.1 Å². The lowest BCUT2D eigenvalue weighted by molar-refractivity contribution is 0.151. The van der Waals surface area contributed by atoms with Gasteiger partial charge in [0.05, 0.1) is 8.49 Å². The van der Waals surface area contributed by atoms with E-state index < -0.39 is 6.43 Å². The fraction of sp³-hybridized carbons (Fsp3) is 0.111. The highest BCUT2D eigenvalue weighted by Crippen LogP contribution is 2.38. The molecule has 14 heavy (non-hydrogen) atoms. The average Bonchev–Trinajstić information content (AvgIpc) is 2.45. The highest BCUT2D eigenvalue weighted by atomic mass is 79.9. The van der Waals surface area contributed by atoms with Gasteiger partial charge < -0.3 is 5.11 Å². The van der Waals surface area contributed by atoms with Crippen molar-refractivity contribution in [1.82, 2.24) is 0 Å². The van der Waals surface area contributed by atoms with Gasteiger partial charge >= 0.3 is 0 Å². The number of phenols is 1. The number of alkyl halides is 2. The molecular formula is C9H5BrF2OS. The smallest absolute Gasteiger partial charge is 0.264 e. The zero-order valence-electron chi connectivity index (χ0n) is 6.80. The van der Waals surface area contributed by atoms with Gasteiger partial charge in [0.2, 0.25) is 0 Å². The summed E-state index contributed by atoms with van der Waals surface area (Å²) in [6.45, 7) is 0. The van der Waals surface area contributed by atoms with Crippen LogP contribution >= 0.6 is 27.3 Å². The molecule has 1 aromatic heterocycles. The molecule has 74 valence electrons. The van der Waals surface area contributed by atoms with Crippen LogP contribution in [-0.2, 0) is 0 Å². The van der Waals surface area contributed by atoms with Crippen LogP contribution < -0.4 is 0 Å². The summed E-state index contributed by atoms with van der Waals surface area (Å²) < 4.78 is 26.2. The van der Waals surface area contributed by atoms with E-state index in [2.05, 4.69) is 15.9 Å². The summed E-state index contributed by atoms with van der Waals surface area (Å²) in [5, 5.41) is 10.1. The van der Waals surface area contributed by atoms with Crippen molar-refractivity contribution < 1.29 is 13.9 Å². The van der Waals surface area contributed by atoms with E-state index in [0.29, 0.717) is 10.1 Å². The zero-order valence-corrected chi connectivity index (χ0v) is 9.20. The first-order valence-electron chi connectivity index (χ1n) is 3.78. The normalized spacial score (nSPS) is 11.4. The molecular weight excluding hydrogens is 274 g/mol. The Kier molecular flexibility index (Phi) is 2.45. The van der Waals surface area contributed by atoms with Crippen molar-refractivity contribution in [3.05, 3.63) is 27.5 Å². The number of rotatable bonds is 1. The first-order chi connectivity index (χ1) is 6.58. The Morgan fingerprint density at radius 3 is 2.64 bits per heavy atom. The minimum absolute atomic E-state index is 0.0894. The van der Waals surface area contributed by atoms with Gasteiger partial charge in [0, 0.05) is 5.56 Å². The van der Waals surface area contributed by atoms with Gasteiger partial charge in [0.25, 0.3) is 6.43 Å². The highest BCUT2D eigenvalue weighted by molar-refractivity contribution is 9.11. The highest BCUT2D eigenvalue weighted by Gasteiger charge is 2.12. The molecule has 2 rings (SSSR count). The van der Waals surface area contributed by atoms with E-state index in [1.807, 2.05) is 0 Å². The van der Waals surface area contributed by atoms with Crippen LogP contribution in [-0.4, -0.2) is 5.11 Å².